The molecular formula is C15H13N. The fourth-order valence-electron chi connectivity index (χ4n) is 1.69. The quantitative estimate of drug-likeness (QED) is 0.705. The third-order valence-corrected chi connectivity index (χ3v) is 2.54. The van der Waals surface area contributed by atoms with Crippen molar-refractivity contribution in [2.45, 2.75) is 12.3 Å². The summed E-state index contributed by atoms with van der Waals surface area (Å²) in [5, 5.41) is 0. The number of rotatable bonds is 3. The molecule has 2 rings (SSSR count). The maximum Gasteiger partial charge on any atom is 0.0504 e. The Kier molecular flexibility index (Phi) is 3.35. The molecule has 2 aromatic rings. The average Bonchev–Trinajstić information content (AvgIpc) is 2.38. The molecule has 0 saturated heterocycles. The van der Waals surface area contributed by atoms with Crippen molar-refractivity contribution in [2.24, 2.45) is 0 Å². The van der Waals surface area contributed by atoms with Crippen LogP contribution in [0.25, 0.3) is 0 Å². The summed E-state index contributed by atoms with van der Waals surface area (Å²) in [7, 11) is 0. The fraction of sp³-hybridized carbons (Fsp3) is 0.133. The number of hydrogen-bond acceptors (Lipinski definition) is 1. The van der Waals surface area contributed by atoms with E-state index in [4.69, 9.17) is 6.42 Å². The van der Waals surface area contributed by atoms with Crippen molar-refractivity contribution in [3.8, 4) is 12.3 Å². The Morgan fingerprint density at radius 1 is 1.06 bits per heavy atom. The highest BCUT2D eigenvalue weighted by molar-refractivity contribution is 5.28. The van der Waals surface area contributed by atoms with Gasteiger partial charge in [0, 0.05) is 18.3 Å². The van der Waals surface area contributed by atoms with Gasteiger partial charge in [-0.15, -0.1) is 6.42 Å². The van der Waals surface area contributed by atoms with E-state index in [9.17, 15) is 0 Å². The van der Waals surface area contributed by atoms with E-state index in [1.54, 1.807) is 6.20 Å². The van der Waals surface area contributed by atoms with Gasteiger partial charge in [0.2, 0.25) is 0 Å². The number of pyridine rings is 1. The van der Waals surface area contributed by atoms with Gasteiger partial charge in [0.25, 0.3) is 0 Å². The molecular weight excluding hydrogens is 194 g/mol. The predicted molar refractivity (Wildman–Crippen MR) is 66.0 cm³/mol. The lowest BCUT2D eigenvalue weighted by Gasteiger charge is -2.10. The first-order valence-corrected chi connectivity index (χ1v) is 5.31. The minimum atomic E-state index is 0.107. The van der Waals surface area contributed by atoms with E-state index in [0.29, 0.717) is 0 Å². The molecule has 0 spiro atoms. The Morgan fingerprint density at radius 3 is 2.44 bits per heavy atom. The topological polar surface area (TPSA) is 12.9 Å². The number of aromatic nitrogens is 1. The first kappa shape index (κ1) is 10.4. The molecule has 1 aromatic heterocycles. The van der Waals surface area contributed by atoms with Gasteiger partial charge in [-0.25, -0.2) is 0 Å². The van der Waals surface area contributed by atoms with E-state index in [-0.39, 0.29) is 5.92 Å². The van der Waals surface area contributed by atoms with E-state index in [1.807, 2.05) is 36.4 Å². The highest BCUT2D eigenvalue weighted by atomic mass is 14.7. The molecule has 0 amide bonds. The molecule has 1 heterocycles. The summed E-state index contributed by atoms with van der Waals surface area (Å²) in [6.07, 6.45) is 8.17. The van der Waals surface area contributed by atoms with E-state index < -0.39 is 0 Å². The minimum absolute atomic E-state index is 0.107. The average molecular weight is 207 g/mol. The zero-order valence-corrected chi connectivity index (χ0v) is 9.01. The van der Waals surface area contributed by atoms with Gasteiger partial charge >= 0.3 is 0 Å². The summed E-state index contributed by atoms with van der Waals surface area (Å²) in [4.78, 5) is 4.30. The molecule has 16 heavy (non-hydrogen) atoms. The first-order valence-electron chi connectivity index (χ1n) is 5.31. The van der Waals surface area contributed by atoms with Gasteiger partial charge in [0.15, 0.2) is 0 Å². The molecule has 1 aromatic carbocycles. The van der Waals surface area contributed by atoms with Crippen LogP contribution in [0.2, 0.25) is 0 Å². The van der Waals surface area contributed by atoms with Crippen molar-refractivity contribution < 1.29 is 0 Å². The summed E-state index contributed by atoms with van der Waals surface area (Å²) in [6, 6.07) is 16.1. The Labute approximate surface area is 96.2 Å². The molecule has 1 unspecified atom stereocenters. The van der Waals surface area contributed by atoms with Crippen LogP contribution in [0.1, 0.15) is 17.2 Å². The van der Waals surface area contributed by atoms with Crippen molar-refractivity contribution >= 4 is 0 Å². The fourth-order valence-corrected chi connectivity index (χ4v) is 1.69. The molecule has 1 nitrogen and oxygen atoms in total. The van der Waals surface area contributed by atoms with Gasteiger partial charge in [0.1, 0.15) is 0 Å². The van der Waals surface area contributed by atoms with E-state index in [2.05, 4.69) is 23.0 Å². The molecule has 0 aliphatic heterocycles. The van der Waals surface area contributed by atoms with Crippen LogP contribution in [0.5, 0.6) is 0 Å². The van der Waals surface area contributed by atoms with Crippen molar-refractivity contribution in [1.29, 1.82) is 0 Å². The van der Waals surface area contributed by atoms with Gasteiger partial charge < -0.3 is 0 Å². The molecule has 78 valence electrons. The third kappa shape index (κ3) is 2.49. The number of terminal acetylenes is 1. The molecule has 0 aliphatic rings. The first-order chi connectivity index (χ1) is 7.90. The second-order valence-electron chi connectivity index (χ2n) is 3.66. The van der Waals surface area contributed by atoms with Gasteiger partial charge in [0.05, 0.1) is 5.92 Å². The van der Waals surface area contributed by atoms with Crippen molar-refractivity contribution in [3.05, 3.63) is 66.0 Å². The molecule has 0 fully saturated rings. The van der Waals surface area contributed by atoms with Crippen molar-refractivity contribution in [3.63, 3.8) is 0 Å². The van der Waals surface area contributed by atoms with Crippen molar-refractivity contribution in [1.82, 2.24) is 4.98 Å². The summed E-state index contributed by atoms with van der Waals surface area (Å²) in [5.41, 5.74) is 2.21. The zero-order chi connectivity index (χ0) is 11.2. The van der Waals surface area contributed by atoms with E-state index >= 15 is 0 Å². The highest BCUT2D eigenvalue weighted by Crippen LogP contribution is 2.18. The Balaban J connectivity index is 2.17. The normalized spacial score (nSPS) is 11.7. The molecule has 1 heteroatoms. The van der Waals surface area contributed by atoms with Gasteiger partial charge in [-0.3, -0.25) is 4.98 Å². The van der Waals surface area contributed by atoms with Crippen LogP contribution in [0, 0.1) is 12.3 Å². The Bertz CT molecular complexity index is 468. The second kappa shape index (κ2) is 5.14. The molecule has 1 atom stereocenters. The van der Waals surface area contributed by atoms with Crippen molar-refractivity contribution in [2.75, 3.05) is 0 Å². The van der Waals surface area contributed by atoms with Crippen LogP contribution in [-0.4, -0.2) is 4.98 Å². The lowest BCUT2D eigenvalue weighted by atomic mass is 9.95. The summed E-state index contributed by atoms with van der Waals surface area (Å²) in [6.45, 7) is 0. The minimum Gasteiger partial charge on any atom is -0.261 e. The van der Waals surface area contributed by atoms with Gasteiger partial charge in [-0.2, -0.15) is 0 Å². The molecule has 0 bridgehead atoms. The van der Waals surface area contributed by atoms with E-state index in [0.717, 1.165) is 12.1 Å². The van der Waals surface area contributed by atoms with Crippen LogP contribution in [0.15, 0.2) is 54.7 Å². The largest absolute Gasteiger partial charge is 0.261 e. The predicted octanol–water partition coefficient (Wildman–Crippen LogP) is 3.04. The Morgan fingerprint density at radius 2 is 1.81 bits per heavy atom. The standard InChI is InChI=1S/C15H13N/c1-2-13(14-8-4-3-5-9-14)12-15-10-6-7-11-16-15/h1,3-11,13H,12H2. The molecule has 0 N–H and O–H groups in total. The third-order valence-electron chi connectivity index (χ3n) is 2.54. The summed E-state index contributed by atoms with van der Waals surface area (Å²) < 4.78 is 0. The number of benzene rings is 1. The second-order valence-corrected chi connectivity index (χ2v) is 3.66. The smallest absolute Gasteiger partial charge is 0.0504 e. The monoisotopic (exact) mass is 207 g/mol. The summed E-state index contributed by atoms with van der Waals surface area (Å²) in [5.74, 6) is 2.93. The van der Waals surface area contributed by atoms with Crippen LogP contribution >= 0.6 is 0 Å². The lowest BCUT2D eigenvalue weighted by molar-refractivity contribution is 0.833. The molecule has 0 saturated carbocycles. The maximum absolute atomic E-state index is 5.57. The van der Waals surface area contributed by atoms with Crippen LogP contribution in [0.4, 0.5) is 0 Å². The highest BCUT2D eigenvalue weighted by Gasteiger charge is 2.08. The number of hydrogen-bond donors (Lipinski definition) is 0. The molecule has 0 radical (unpaired) electrons. The van der Waals surface area contributed by atoms with Crippen LogP contribution < -0.4 is 0 Å². The SMILES string of the molecule is C#CC(Cc1ccccn1)c1ccccc1. The molecule has 0 aliphatic carbocycles. The van der Waals surface area contributed by atoms with Crippen LogP contribution in [0.3, 0.4) is 0 Å². The van der Waals surface area contributed by atoms with Gasteiger partial charge in [-0.1, -0.05) is 42.3 Å². The van der Waals surface area contributed by atoms with E-state index in [1.165, 1.54) is 5.56 Å². The maximum atomic E-state index is 5.57. The number of nitrogens with zero attached hydrogens (tertiary/aromatic N) is 1. The lowest BCUT2D eigenvalue weighted by Crippen LogP contribution is -2.01. The van der Waals surface area contributed by atoms with Gasteiger partial charge in [-0.05, 0) is 17.7 Å². The van der Waals surface area contributed by atoms with Crippen LogP contribution in [-0.2, 0) is 6.42 Å². The summed E-state index contributed by atoms with van der Waals surface area (Å²) >= 11 is 0. The zero-order valence-electron chi connectivity index (χ0n) is 9.01. The Hall–Kier alpha value is -2.07.